The number of nitrogens with one attached hydrogen (secondary N) is 1. The van der Waals surface area contributed by atoms with Crippen LogP contribution in [0.25, 0.3) is 0 Å². The van der Waals surface area contributed by atoms with Crippen LogP contribution in [0.15, 0.2) is 59.5 Å². The van der Waals surface area contributed by atoms with Crippen molar-refractivity contribution < 1.29 is 8.42 Å². The van der Waals surface area contributed by atoms with E-state index in [0.717, 1.165) is 18.7 Å². The summed E-state index contributed by atoms with van der Waals surface area (Å²) >= 11 is 5.83. The number of hydrogen-bond acceptors (Lipinski definition) is 3. The van der Waals surface area contributed by atoms with Crippen molar-refractivity contribution in [2.24, 2.45) is 0 Å². The molecular formula is C18H23ClN2O2S. The summed E-state index contributed by atoms with van der Waals surface area (Å²) in [4.78, 5) is 2.46. The highest BCUT2D eigenvalue weighted by Gasteiger charge is 2.21. The van der Waals surface area contributed by atoms with Gasteiger partial charge in [-0.2, -0.15) is 0 Å². The molecule has 2 rings (SSSR count). The number of rotatable bonds is 8. The Kier molecular flexibility index (Phi) is 6.80. The number of hydrogen-bond donors (Lipinski definition) is 1. The van der Waals surface area contributed by atoms with Gasteiger partial charge in [0.25, 0.3) is 0 Å². The van der Waals surface area contributed by atoms with Gasteiger partial charge >= 0.3 is 0 Å². The van der Waals surface area contributed by atoms with Crippen LogP contribution in [-0.4, -0.2) is 33.0 Å². The van der Waals surface area contributed by atoms with E-state index in [1.807, 2.05) is 30.3 Å². The second-order valence-corrected chi connectivity index (χ2v) is 7.66. The zero-order valence-corrected chi connectivity index (χ0v) is 15.5. The minimum Gasteiger partial charge on any atom is -0.296 e. The van der Waals surface area contributed by atoms with Gasteiger partial charge in [0.05, 0.1) is 4.90 Å². The van der Waals surface area contributed by atoms with Crippen LogP contribution in [0.1, 0.15) is 25.5 Å². The quantitative estimate of drug-likeness (QED) is 0.774. The van der Waals surface area contributed by atoms with Gasteiger partial charge in [-0.3, -0.25) is 4.90 Å². The number of nitrogens with zero attached hydrogens (tertiary/aromatic N) is 1. The van der Waals surface area contributed by atoms with Gasteiger partial charge in [0.2, 0.25) is 10.0 Å². The van der Waals surface area contributed by atoms with Gasteiger partial charge in [-0.05, 0) is 42.9 Å². The van der Waals surface area contributed by atoms with Gasteiger partial charge < -0.3 is 0 Å². The molecule has 0 fully saturated rings. The molecule has 0 aliphatic carbocycles. The van der Waals surface area contributed by atoms with Gasteiger partial charge in [0, 0.05) is 17.6 Å². The Bertz CT molecular complexity index is 729. The monoisotopic (exact) mass is 366 g/mol. The van der Waals surface area contributed by atoms with Crippen molar-refractivity contribution in [1.29, 1.82) is 0 Å². The molecule has 0 heterocycles. The second kappa shape index (κ2) is 8.62. The van der Waals surface area contributed by atoms with E-state index in [-0.39, 0.29) is 10.9 Å². The van der Waals surface area contributed by atoms with E-state index in [4.69, 9.17) is 11.6 Å². The molecule has 0 aliphatic rings. The molecule has 0 saturated heterocycles. The third kappa shape index (κ3) is 4.80. The van der Waals surface area contributed by atoms with Crippen molar-refractivity contribution >= 4 is 21.6 Å². The molecule has 0 spiro atoms. The molecule has 4 nitrogen and oxygen atoms in total. The average molecular weight is 367 g/mol. The summed E-state index contributed by atoms with van der Waals surface area (Å²) in [6, 6.07) is 16.1. The van der Waals surface area contributed by atoms with Crippen molar-refractivity contribution in [2.75, 3.05) is 19.6 Å². The van der Waals surface area contributed by atoms with E-state index in [9.17, 15) is 8.42 Å². The highest BCUT2D eigenvalue weighted by Crippen LogP contribution is 2.21. The second-order valence-electron chi connectivity index (χ2n) is 5.45. The van der Waals surface area contributed by atoms with Gasteiger partial charge in [-0.25, -0.2) is 13.1 Å². The van der Waals surface area contributed by atoms with Crippen LogP contribution in [0, 0.1) is 0 Å². The van der Waals surface area contributed by atoms with Crippen molar-refractivity contribution in [2.45, 2.75) is 24.8 Å². The normalized spacial score (nSPS) is 13.2. The summed E-state index contributed by atoms with van der Waals surface area (Å²) in [5, 5.41) is 0.513. The lowest BCUT2D eigenvalue weighted by Crippen LogP contribution is -2.38. The van der Waals surface area contributed by atoms with Crippen LogP contribution >= 0.6 is 11.6 Å². The SMILES string of the molecule is CCN(CC)[C@@H](CNS(=O)(=O)c1ccc(Cl)cc1)c1ccccc1. The van der Waals surface area contributed by atoms with Crippen molar-refractivity contribution in [3.05, 3.63) is 65.2 Å². The Labute approximate surface area is 149 Å². The molecule has 24 heavy (non-hydrogen) atoms. The lowest BCUT2D eigenvalue weighted by atomic mass is 10.1. The summed E-state index contributed by atoms with van der Waals surface area (Å²) in [5.41, 5.74) is 1.10. The highest BCUT2D eigenvalue weighted by atomic mass is 35.5. The highest BCUT2D eigenvalue weighted by molar-refractivity contribution is 7.89. The van der Waals surface area contributed by atoms with Crippen LogP contribution in [0.3, 0.4) is 0 Å². The maximum absolute atomic E-state index is 12.5. The third-order valence-electron chi connectivity index (χ3n) is 4.03. The minimum absolute atomic E-state index is 0.0109. The Morgan fingerprint density at radius 1 is 1.00 bits per heavy atom. The molecule has 0 unspecified atom stereocenters. The van der Waals surface area contributed by atoms with E-state index < -0.39 is 10.0 Å². The van der Waals surface area contributed by atoms with E-state index in [1.165, 1.54) is 12.1 Å². The third-order valence-corrected chi connectivity index (χ3v) is 5.72. The minimum atomic E-state index is -3.57. The van der Waals surface area contributed by atoms with Crippen LogP contribution in [0.2, 0.25) is 5.02 Å². The number of sulfonamides is 1. The Balaban J connectivity index is 2.19. The van der Waals surface area contributed by atoms with Crippen LogP contribution in [0.5, 0.6) is 0 Å². The molecule has 130 valence electrons. The molecule has 6 heteroatoms. The van der Waals surface area contributed by atoms with Crippen molar-refractivity contribution in [3.8, 4) is 0 Å². The zero-order valence-electron chi connectivity index (χ0n) is 13.9. The fourth-order valence-electron chi connectivity index (χ4n) is 2.68. The van der Waals surface area contributed by atoms with E-state index in [2.05, 4.69) is 23.5 Å². The fraction of sp³-hybridized carbons (Fsp3) is 0.333. The molecule has 2 aromatic carbocycles. The molecule has 1 N–H and O–H groups in total. The first-order valence-electron chi connectivity index (χ1n) is 8.02. The molecule has 2 aromatic rings. The average Bonchev–Trinajstić information content (AvgIpc) is 2.59. The van der Waals surface area contributed by atoms with Gasteiger partial charge in [-0.1, -0.05) is 55.8 Å². The maximum Gasteiger partial charge on any atom is 0.240 e. The topological polar surface area (TPSA) is 49.4 Å². The summed E-state index contributed by atoms with van der Waals surface area (Å²) in [7, 11) is -3.57. The van der Waals surface area contributed by atoms with Crippen LogP contribution in [-0.2, 0) is 10.0 Å². The largest absolute Gasteiger partial charge is 0.296 e. The molecular weight excluding hydrogens is 344 g/mol. The smallest absolute Gasteiger partial charge is 0.240 e. The first-order valence-corrected chi connectivity index (χ1v) is 9.88. The predicted molar refractivity (Wildman–Crippen MR) is 98.7 cm³/mol. The van der Waals surface area contributed by atoms with Gasteiger partial charge in [-0.15, -0.1) is 0 Å². The molecule has 0 saturated carbocycles. The number of halogens is 1. The van der Waals surface area contributed by atoms with Crippen molar-refractivity contribution in [3.63, 3.8) is 0 Å². The summed E-state index contributed by atoms with van der Waals surface area (Å²) in [6.45, 7) is 6.16. The van der Waals surface area contributed by atoms with Crippen LogP contribution < -0.4 is 4.72 Å². The Hall–Kier alpha value is -1.40. The Morgan fingerprint density at radius 2 is 1.58 bits per heavy atom. The van der Waals surface area contributed by atoms with E-state index >= 15 is 0 Å². The maximum atomic E-state index is 12.5. The van der Waals surface area contributed by atoms with E-state index in [0.29, 0.717) is 11.6 Å². The lowest BCUT2D eigenvalue weighted by Gasteiger charge is -2.30. The number of benzene rings is 2. The van der Waals surface area contributed by atoms with Crippen LogP contribution in [0.4, 0.5) is 0 Å². The van der Waals surface area contributed by atoms with E-state index in [1.54, 1.807) is 12.1 Å². The lowest BCUT2D eigenvalue weighted by molar-refractivity contribution is 0.220. The fourth-order valence-corrected chi connectivity index (χ4v) is 3.85. The molecule has 0 bridgehead atoms. The summed E-state index contributed by atoms with van der Waals surface area (Å²) in [5.74, 6) is 0. The predicted octanol–water partition coefficient (Wildman–Crippen LogP) is 3.70. The van der Waals surface area contributed by atoms with Crippen molar-refractivity contribution in [1.82, 2.24) is 9.62 Å². The summed E-state index contributed by atoms with van der Waals surface area (Å²) in [6.07, 6.45) is 0. The molecule has 1 atom stereocenters. The first kappa shape index (κ1) is 18.9. The molecule has 0 aliphatic heterocycles. The van der Waals surface area contributed by atoms with Gasteiger partial charge in [0.15, 0.2) is 0 Å². The van der Waals surface area contributed by atoms with Gasteiger partial charge in [0.1, 0.15) is 0 Å². The first-order chi connectivity index (χ1) is 11.5. The standard InChI is InChI=1S/C18H23ClN2O2S/c1-3-21(4-2)18(15-8-6-5-7-9-15)14-20-24(22,23)17-12-10-16(19)11-13-17/h5-13,18,20H,3-4,14H2,1-2H3/t18-/m0/s1. The Morgan fingerprint density at radius 3 is 2.12 bits per heavy atom. The molecule has 0 aromatic heterocycles. The summed E-state index contributed by atoms with van der Waals surface area (Å²) < 4.78 is 27.7. The molecule has 0 amide bonds. The zero-order chi connectivity index (χ0) is 17.6. The number of likely N-dealkylation sites (N-methyl/N-ethyl adjacent to an activating group) is 1. The molecule has 0 radical (unpaired) electrons.